The molecule has 1 rings (SSSR count). The Morgan fingerprint density at radius 1 is 1.82 bits per heavy atom. The van der Waals surface area contributed by atoms with Crippen molar-refractivity contribution < 1.29 is 4.74 Å². The van der Waals surface area contributed by atoms with Gasteiger partial charge in [-0.05, 0) is 6.92 Å². The lowest BCUT2D eigenvalue weighted by Crippen LogP contribution is -2.07. The Labute approximate surface area is 65.0 Å². The molecule has 0 aliphatic heterocycles. The van der Waals surface area contributed by atoms with E-state index in [0.717, 1.165) is 0 Å². The minimum absolute atomic E-state index is 0.417. The first-order valence-corrected chi connectivity index (χ1v) is 3.27. The largest absolute Gasteiger partial charge is 0.473 e. The lowest BCUT2D eigenvalue weighted by atomic mass is 10.4. The van der Waals surface area contributed by atoms with Crippen LogP contribution in [0, 0.1) is 11.3 Å². The van der Waals surface area contributed by atoms with Gasteiger partial charge in [0.1, 0.15) is 6.07 Å². The highest BCUT2D eigenvalue weighted by Gasteiger charge is 2.01. The van der Waals surface area contributed by atoms with Gasteiger partial charge in [0.2, 0.25) is 0 Å². The summed E-state index contributed by atoms with van der Waals surface area (Å²) in [5.74, 6) is 0.626. The predicted molar refractivity (Wildman–Crippen MR) is 38.9 cm³/mol. The summed E-state index contributed by atoms with van der Waals surface area (Å²) in [5, 5.41) is 12.3. The van der Waals surface area contributed by atoms with Crippen LogP contribution < -0.4 is 4.74 Å². The topological polar surface area (TPSA) is 50.8 Å². The van der Waals surface area contributed by atoms with E-state index in [-0.39, 0.29) is 0 Å². The lowest BCUT2D eigenvalue weighted by Gasteiger charge is -2.02. The van der Waals surface area contributed by atoms with Gasteiger partial charge in [0.05, 0.1) is 12.4 Å². The van der Waals surface area contributed by atoms with E-state index >= 15 is 0 Å². The van der Waals surface area contributed by atoms with Gasteiger partial charge in [0.15, 0.2) is 11.9 Å². The molecule has 0 saturated carbocycles. The zero-order chi connectivity index (χ0) is 8.27. The van der Waals surface area contributed by atoms with Crippen molar-refractivity contribution >= 4 is 0 Å². The highest BCUT2D eigenvalue weighted by Crippen LogP contribution is 2.08. The first kappa shape index (κ1) is 7.61. The summed E-state index contributed by atoms with van der Waals surface area (Å²) < 4.78 is 6.76. The number of hydrogen-bond acceptors (Lipinski definition) is 3. The van der Waals surface area contributed by atoms with E-state index in [2.05, 4.69) is 5.10 Å². The van der Waals surface area contributed by atoms with E-state index in [4.69, 9.17) is 10.00 Å². The zero-order valence-corrected chi connectivity index (χ0v) is 6.48. The number of rotatable bonds is 2. The predicted octanol–water partition coefficient (Wildman–Crippen LogP) is 0.711. The molecular formula is C7H9N3O. The molecule has 0 spiro atoms. The zero-order valence-electron chi connectivity index (χ0n) is 6.48. The SMILES string of the molecule is CC(C#N)Oc1cnn(C)c1. The molecule has 0 N–H and O–H groups in total. The van der Waals surface area contributed by atoms with Crippen molar-refractivity contribution in [3.63, 3.8) is 0 Å². The van der Waals surface area contributed by atoms with Crippen LogP contribution in [0.5, 0.6) is 5.75 Å². The quantitative estimate of drug-likeness (QED) is 0.625. The molecule has 11 heavy (non-hydrogen) atoms. The highest BCUT2D eigenvalue weighted by molar-refractivity contribution is 5.12. The molecule has 0 bridgehead atoms. The number of nitriles is 1. The number of ether oxygens (including phenoxy) is 1. The Hall–Kier alpha value is -1.50. The van der Waals surface area contributed by atoms with E-state index in [1.54, 1.807) is 31.0 Å². The molecule has 0 amide bonds. The molecule has 0 aliphatic carbocycles. The summed E-state index contributed by atoms with van der Waals surface area (Å²) in [6.45, 7) is 1.69. The highest BCUT2D eigenvalue weighted by atomic mass is 16.5. The van der Waals surface area contributed by atoms with Crippen LogP contribution in [-0.2, 0) is 7.05 Å². The Morgan fingerprint density at radius 2 is 2.55 bits per heavy atom. The first-order chi connectivity index (χ1) is 5.22. The average molecular weight is 151 g/mol. The van der Waals surface area contributed by atoms with E-state index in [1.165, 1.54) is 0 Å². The van der Waals surface area contributed by atoms with E-state index in [1.807, 2.05) is 6.07 Å². The molecule has 1 atom stereocenters. The van der Waals surface area contributed by atoms with Crippen molar-refractivity contribution in [1.82, 2.24) is 9.78 Å². The Balaban J connectivity index is 2.59. The number of nitrogens with zero attached hydrogens (tertiary/aromatic N) is 3. The van der Waals surface area contributed by atoms with Crippen LogP contribution in [0.3, 0.4) is 0 Å². The van der Waals surface area contributed by atoms with Gasteiger partial charge in [-0.15, -0.1) is 0 Å². The smallest absolute Gasteiger partial charge is 0.181 e. The summed E-state index contributed by atoms with van der Waals surface area (Å²) in [6.07, 6.45) is 2.88. The molecule has 0 aromatic carbocycles. The minimum Gasteiger partial charge on any atom is -0.473 e. The van der Waals surface area contributed by atoms with Crippen LogP contribution in [0.15, 0.2) is 12.4 Å². The summed E-state index contributed by atoms with van der Waals surface area (Å²) in [4.78, 5) is 0. The van der Waals surface area contributed by atoms with Gasteiger partial charge in [-0.1, -0.05) is 0 Å². The van der Waals surface area contributed by atoms with Gasteiger partial charge in [-0.2, -0.15) is 10.4 Å². The third-order valence-electron chi connectivity index (χ3n) is 1.18. The Morgan fingerprint density at radius 3 is 3.00 bits per heavy atom. The van der Waals surface area contributed by atoms with Crippen LogP contribution in [0.25, 0.3) is 0 Å². The third-order valence-corrected chi connectivity index (χ3v) is 1.18. The van der Waals surface area contributed by atoms with Crippen LogP contribution in [0.4, 0.5) is 0 Å². The number of aryl methyl sites for hydroxylation is 1. The fraction of sp³-hybridized carbons (Fsp3) is 0.429. The van der Waals surface area contributed by atoms with Gasteiger partial charge in [0.25, 0.3) is 0 Å². The minimum atomic E-state index is -0.417. The maximum absolute atomic E-state index is 8.40. The van der Waals surface area contributed by atoms with Gasteiger partial charge in [-0.3, -0.25) is 4.68 Å². The summed E-state index contributed by atoms with van der Waals surface area (Å²) in [6, 6.07) is 1.96. The molecule has 0 fully saturated rings. The molecule has 4 heteroatoms. The molecule has 1 unspecified atom stereocenters. The first-order valence-electron chi connectivity index (χ1n) is 3.27. The maximum Gasteiger partial charge on any atom is 0.181 e. The molecular weight excluding hydrogens is 142 g/mol. The van der Waals surface area contributed by atoms with Crippen molar-refractivity contribution in [2.24, 2.45) is 7.05 Å². The summed E-state index contributed by atoms with van der Waals surface area (Å²) >= 11 is 0. The summed E-state index contributed by atoms with van der Waals surface area (Å²) in [5.41, 5.74) is 0. The van der Waals surface area contributed by atoms with Gasteiger partial charge >= 0.3 is 0 Å². The molecule has 58 valence electrons. The van der Waals surface area contributed by atoms with Crippen LogP contribution >= 0.6 is 0 Å². The monoisotopic (exact) mass is 151 g/mol. The molecule has 1 heterocycles. The fourth-order valence-electron chi connectivity index (χ4n) is 0.690. The van der Waals surface area contributed by atoms with Crippen molar-refractivity contribution in [2.45, 2.75) is 13.0 Å². The third kappa shape index (κ3) is 1.97. The van der Waals surface area contributed by atoms with Crippen LogP contribution in [-0.4, -0.2) is 15.9 Å². The molecule has 0 aliphatic rings. The van der Waals surface area contributed by atoms with E-state index in [0.29, 0.717) is 5.75 Å². The Kier molecular flexibility index (Phi) is 2.12. The van der Waals surface area contributed by atoms with Crippen molar-refractivity contribution in [3.8, 4) is 11.8 Å². The van der Waals surface area contributed by atoms with Crippen molar-refractivity contribution in [1.29, 1.82) is 5.26 Å². The summed E-state index contributed by atoms with van der Waals surface area (Å²) in [7, 11) is 1.80. The molecule has 1 aromatic heterocycles. The normalized spacial score (nSPS) is 12.1. The van der Waals surface area contributed by atoms with E-state index in [9.17, 15) is 0 Å². The van der Waals surface area contributed by atoms with Gasteiger partial charge < -0.3 is 4.74 Å². The van der Waals surface area contributed by atoms with Crippen LogP contribution in [0.1, 0.15) is 6.92 Å². The number of hydrogen-bond donors (Lipinski definition) is 0. The molecule has 0 saturated heterocycles. The van der Waals surface area contributed by atoms with Crippen LogP contribution in [0.2, 0.25) is 0 Å². The second-order valence-electron chi connectivity index (χ2n) is 2.24. The van der Waals surface area contributed by atoms with Gasteiger partial charge in [-0.25, -0.2) is 0 Å². The second-order valence-corrected chi connectivity index (χ2v) is 2.24. The second kappa shape index (κ2) is 3.06. The molecule has 1 aromatic rings. The van der Waals surface area contributed by atoms with Crippen molar-refractivity contribution in [2.75, 3.05) is 0 Å². The fourth-order valence-corrected chi connectivity index (χ4v) is 0.690. The molecule has 0 radical (unpaired) electrons. The standard InChI is InChI=1S/C7H9N3O/c1-6(3-8)11-7-4-9-10(2)5-7/h4-6H,1-2H3. The number of aromatic nitrogens is 2. The maximum atomic E-state index is 8.40. The molecule has 4 nitrogen and oxygen atoms in total. The lowest BCUT2D eigenvalue weighted by molar-refractivity contribution is 0.276. The van der Waals surface area contributed by atoms with E-state index < -0.39 is 6.10 Å². The van der Waals surface area contributed by atoms with Crippen molar-refractivity contribution in [3.05, 3.63) is 12.4 Å². The Bertz CT molecular complexity index is 273. The average Bonchev–Trinajstić information content (AvgIpc) is 2.35. The van der Waals surface area contributed by atoms with Gasteiger partial charge in [0, 0.05) is 7.05 Å².